The average Bonchev–Trinajstić information content (AvgIpc) is 3.00. The van der Waals surface area contributed by atoms with E-state index in [0.29, 0.717) is 29.4 Å². The Morgan fingerprint density at radius 2 is 2.04 bits per heavy atom. The molecular formula is C20H20ClFN2O2. The van der Waals surface area contributed by atoms with Crippen LogP contribution in [0.1, 0.15) is 17.5 Å². The second kappa shape index (κ2) is 7.46. The Balaban J connectivity index is 1.70. The van der Waals surface area contributed by atoms with Crippen LogP contribution in [0.15, 0.2) is 42.5 Å². The molecule has 0 aromatic heterocycles. The summed E-state index contributed by atoms with van der Waals surface area (Å²) in [5, 5.41) is 0.609. The maximum Gasteiger partial charge on any atom is 0.228 e. The Morgan fingerprint density at radius 1 is 1.31 bits per heavy atom. The van der Waals surface area contributed by atoms with Gasteiger partial charge in [-0.15, -0.1) is 0 Å². The van der Waals surface area contributed by atoms with E-state index in [0.717, 1.165) is 5.56 Å². The smallest absolute Gasteiger partial charge is 0.228 e. The summed E-state index contributed by atoms with van der Waals surface area (Å²) in [4.78, 5) is 28.3. The molecule has 0 bridgehead atoms. The highest BCUT2D eigenvalue weighted by molar-refractivity contribution is 6.31. The van der Waals surface area contributed by atoms with Gasteiger partial charge in [0.2, 0.25) is 11.8 Å². The molecular weight excluding hydrogens is 355 g/mol. The lowest BCUT2D eigenvalue weighted by molar-refractivity contribution is -0.135. The molecule has 3 rings (SSSR count). The second-order valence-corrected chi connectivity index (χ2v) is 7.03. The minimum atomic E-state index is -0.416. The number of hydrogen-bond donors (Lipinski definition) is 0. The minimum Gasteiger partial charge on any atom is -0.341 e. The summed E-state index contributed by atoms with van der Waals surface area (Å²) in [6.45, 7) is 2.34. The lowest BCUT2D eigenvalue weighted by atomic mass is 10.1. The fourth-order valence-electron chi connectivity index (χ4n) is 3.19. The second-order valence-electron chi connectivity index (χ2n) is 6.62. The first kappa shape index (κ1) is 18.4. The van der Waals surface area contributed by atoms with Gasteiger partial charge in [-0.2, -0.15) is 0 Å². The van der Waals surface area contributed by atoms with E-state index in [9.17, 15) is 14.0 Å². The number of anilines is 1. The third-order valence-corrected chi connectivity index (χ3v) is 5.04. The maximum absolute atomic E-state index is 13.5. The number of carbonyl (C=O) groups excluding carboxylic acids is 2. The summed E-state index contributed by atoms with van der Waals surface area (Å²) in [7, 11) is 1.71. The van der Waals surface area contributed by atoms with E-state index in [1.54, 1.807) is 42.0 Å². The van der Waals surface area contributed by atoms with Crippen molar-refractivity contribution < 1.29 is 14.0 Å². The molecule has 0 saturated carbocycles. The first-order valence-corrected chi connectivity index (χ1v) is 8.79. The van der Waals surface area contributed by atoms with Gasteiger partial charge in [0.25, 0.3) is 0 Å². The van der Waals surface area contributed by atoms with Crippen molar-refractivity contribution in [2.24, 2.45) is 5.92 Å². The molecule has 2 aromatic rings. The summed E-state index contributed by atoms with van der Waals surface area (Å²) in [6.07, 6.45) is 0.155. The van der Waals surface area contributed by atoms with E-state index >= 15 is 0 Å². The van der Waals surface area contributed by atoms with Crippen molar-refractivity contribution >= 4 is 29.1 Å². The number of carbonyl (C=O) groups is 2. The zero-order valence-corrected chi connectivity index (χ0v) is 15.5. The predicted molar refractivity (Wildman–Crippen MR) is 99.5 cm³/mol. The van der Waals surface area contributed by atoms with Crippen LogP contribution in [0.2, 0.25) is 5.02 Å². The molecule has 1 aliphatic heterocycles. The Kier molecular flexibility index (Phi) is 5.28. The highest BCUT2D eigenvalue weighted by atomic mass is 35.5. The highest BCUT2D eigenvalue weighted by Gasteiger charge is 2.36. The van der Waals surface area contributed by atoms with E-state index in [1.165, 1.54) is 6.07 Å². The quantitative estimate of drug-likeness (QED) is 0.816. The lowest BCUT2D eigenvalue weighted by Gasteiger charge is -2.22. The van der Waals surface area contributed by atoms with E-state index in [-0.39, 0.29) is 24.1 Å². The van der Waals surface area contributed by atoms with Crippen LogP contribution in [0.25, 0.3) is 0 Å². The molecule has 1 fully saturated rings. The summed E-state index contributed by atoms with van der Waals surface area (Å²) in [5.41, 5.74) is 1.96. The fourth-order valence-corrected chi connectivity index (χ4v) is 3.39. The van der Waals surface area contributed by atoms with Crippen LogP contribution in [0.3, 0.4) is 0 Å². The average molecular weight is 375 g/mol. The van der Waals surface area contributed by atoms with E-state index in [2.05, 4.69) is 0 Å². The lowest BCUT2D eigenvalue weighted by Crippen LogP contribution is -2.34. The van der Waals surface area contributed by atoms with Crippen LogP contribution in [0.4, 0.5) is 10.1 Å². The molecule has 0 aliphatic carbocycles. The molecule has 1 saturated heterocycles. The van der Waals surface area contributed by atoms with Crippen molar-refractivity contribution in [2.45, 2.75) is 19.9 Å². The monoisotopic (exact) mass is 374 g/mol. The zero-order valence-electron chi connectivity index (χ0n) is 14.7. The van der Waals surface area contributed by atoms with Gasteiger partial charge in [0.1, 0.15) is 5.82 Å². The molecule has 136 valence electrons. The molecule has 0 N–H and O–H groups in total. The van der Waals surface area contributed by atoms with Gasteiger partial charge in [-0.1, -0.05) is 29.8 Å². The Morgan fingerprint density at radius 3 is 2.73 bits per heavy atom. The van der Waals surface area contributed by atoms with Crippen molar-refractivity contribution in [3.05, 3.63) is 64.4 Å². The SMILES string of the molecule is Cc1cc(N2CC(C(=O)N(C)Cc3ccccc3Cl)CC2=O)ccc1F. The number of rotatable bonds is 4. The van der Waals surface area contributed by atoms with Crippen LogP contribution in [-0.4, -0.2) is 30.3 Å². The third-order valence-electron chi connectivity index (χ3n) is 4.67. The van der Waals surface area contributed by atoms with E-state index < -0.39 is 5.92 Å². The predicted octanol–water partition coefficient (Wildman–Crippen LogP) is 3.80. The molecule has 1 heterocycles. The summed E-state index contributed by atoms with van der Waals surface area (Å²) in [5.74, 6) is -0.951. The van der Waals surface area contributed by atoms with Crippen molar-refractivity contribution in [2.75, 3.05) is 18.5 Å². The number of nitrogens with zero attached hydrogens (tertiary/aromatic N) is 2. The van der Waals surface area contributed by atoms with Crippen LogP contribution in [-0.2, 0) is 16.1 Å². The first-order chi connectivity index (χ1) is 12.4. The first-order valence-electron chi connectivity index (χ1n) is 8.41. The molecule has 2 amide bonds. The van der Waals surface area contributed by atoms with Gasteiger partial charge >= 0.3 is 0 Å². The number of hydrogen-bond acceptors (Lipinski definition) is 2. The zero-order chi connectivity index (χ0) is 18.8. The van der Waals surface area contributed by atoms with Crippen molar-refractivity contribution in [1.82, 2.24) is 4.90 Å². The van der Waals surface area contributed by atoms with Crippen molar-refractivity contribution in [3.63, 3.8) is 0 Å². The van der Waals surface area contributed by atoms with Crippen LogP contribution in [0, 0.1) is 18.7 Å². The third kappa shape index (κ3) is 3.73. The summed E-state index contributed by atoms with van der Waals surface area (Å²) < 4.78 is 13.5. The van der Waals surface area contributed by atoms with E-state index in [1.807, 2.05) is 18.2 Å². The van der Waals surface area contributed by atoms with Crippen LogP contribution < -0.4 is 4.90 Å². The Labute approximate surface area is 157 Å². The van der Waals surface area contributed by atoms with Crippen LogP contribution in [0.5, 0.6) is 0 Å². The molecule has 0 radical (unpaired) electrons. The number of benzene rings is 2. The molecule has 0 spiro atoms. The number of aryl methyl sites for hydroxylation is 1. The Hall–Kier alpha value is -2.40. The van der Waals surface area contributed by atoms with Crippen molar-refractivity contribution in [3.8, 4) is 0 Å². The largest absolute Gasteiger partial charge is 0.341 e. The number of halogens is 2. The maximum atomic E-state index is 13.5. The van der Waals surface area contributed by atoms with Gasteiger partial charge in [0, 0.05) is 37.3 Å². The number of amides is 2. The summed E-state index contributed by atoms with van der Waals surface area (Å²) >= 11 is 6.16. The van der Waals surface area contributed by atoms with Crippen molar-refractivity contribution in [1.29, 1.82) is 0 Å². The molecule has 1 aliphatic rings. The Bertz CT molecular complexity index is 855. The highest BCUT2D eigenvalue weighted by Crippen LogP contribution is 2.28. The molecule has 1 atom stereocenters. The topological polar surface area (TPSA) is 40.6 Å². The van der Waals surface area contributed by atoms with Crippen LogP contribution >= 0.6 is 11.6 Å². The minimum absolute atomic E-state index is 0.0976. The van der Waals surface area contributed by atoms with Gasteiger partial charge in [-0.25, -0.2) is 4.39 Å². The molecule has 6 heteroatoms. The van der Waals surface area contributed by atoms with E-state index in [4.69, 9.17) is 11.6 Å². The van der Waals surface area contributed by atoms with Gasteiger partial charge in [-0.05, 0) is 42.3 Å². The molecule has 26 heavy (non-hydrogen) atoms. The standard InChI is InChI=1S/C20H20ClFN2O2/c1-13-9-16(7-8-18(13)22)24-12-15(10-19(24)25)20(26)23(2)11-14-5-3-4-6-17(14)21/h3-9,15H,10-12H2,1-2H3. The molecule has 1 unspecified atom stereocenters. The fraction of sp³-hybridized carbons (Fsp3) is 0.300. The molecule has 4 nitrogen and oxygen atoms in total. The summed E-state index contributed by atoms with van der Waals surface area (Å²) in [6, 6.07) is 11.9. The van der Waals surface area contributed by atoms with Gasteiger partial charge in [0.15, 0.2) is 0 Å². The van der Waals surface area contributed by atoms with Gasteiger partial charge in [0.05, 0.1) is 5.92 Å². The normalized spacial score (nSPS) is 16.8. The van der Waals surface area contributed by atoms with Gasteiger partial charge in [-0.3, -0.25) is 9.59 Å². The molecule has 2 aromatic carbocycles. The van der Waals surface area contributed by atoms with Gasteiger partial charge < -0.3 is 9.80 Å².